The first-order chi connectivity index (χ1) is 8.82. The summed E-state index contributed by atoms with van der Waals surface area (Å²) in [6.07, 6.45) is 3.47. The van der Waals surface area contributed by atoms with Crippen molar-refractivity contribution in [3.63, 3.8) is 0 Å². The van der Waals surface area contributed by atoms with Gasteiger partial charge in [-0.1, -0.05) is 6.07 Å². The zero-order valence-electron chi connectivity index (χ0n) is 10.5. The van der Waals surface area contributed by atoms with Crippen LogP contribution >= 0.6 is 0 Å². The minimum atomic E-state index is 0.272. The summed E-state index contributed by atoms with van der Waals surface area (Å²) in [6.45, 7) is 2.34. The van der Waals surface area contributed by atoms with E-state index in [0.717, 1.165) is 26.2 Å². The lowest BCUT2D eigenvalue weighted by molar-refractivity contribution is 0.111. The van der Waals surface area contributed by atoms with Gasteiger partial charge in [0.25, 0.3) is 0 Å². The molecule has 2 heterocycles. The van der Waals surface area contributed by atoms with E-state index in [1.54, 1.807) is 0 Å². The lowest BCUT2D eigenvalue weighted by Crippen LogP contribution is -2.19. The van der Waals surface area contributed by atoms with E-state index in [1.165, 1.54) is 40.6 Å². The van der Waals surface area contributed by atoms with Crippen molar-refractivity contribution in [1.29, 1.82) is 0 Å². The van der Waals surface area contributed by atoms with Crippen LogP contribution in [-0.2, 0) is 23.2 Å². The number of aromatic nitrogens is 1. The number of ether oxygens (including phenoxy) is 1. The van der Waals surface area contributed by atoms with Crippen LogP contribution in [0.25, 0.3) is 10.9 Å². The van der Waals surface area contributed by atoms with E-state index < -0.39 is 0 Å². The number of aromatic amines is 1. The molecule has 3 N–H and O–H groups in total. The Morgan fingerprint density at radius 1 is 1.33 bits per heavy atom. The number of nitrogens with one attached hydrogen (secondary N) is 1. The lowest BCUT2D eigenvalue weighted by Gasteiger charge is -2.14. The fourth-order valence-corrected chi connectivity index (χ4v) is 3.12. The fourth-order valence-electron chi connectivity index (χ4n) is 3.12. The maximum Gasteiger partial charge on any atom is 0.0740 e. The molecule has 18 heavy (non-hydrogen) atoms. The Hall–Kier alpha value is -1.32. The van der Waals surface area contributed by atoms with Crippen molar-refractivity contribution in [2.45, 2.75) is 31.3 Å². The third-order valence-corrected chi connectivity index (χ3v) is 4.59. The molecule has 3 nitrogen and oxygen atoms in total. The van der Waals surface area contributed by atoms with Crippen molar-refractivity contribution in [2.75, 3.05) is 13.2 Å². The van der Waals surface area contributed by atoms with Gasteiger partial charge < -0.3 is 15.5 Å². The first-order valence-electron chi connectivity index (χ1n) is 6.74. The molecule has 2 aliphatic rings. The Morgan fingerprint density at radius 3 is 3.00 bits per heavy atom. The summed E-state index contributed by atoms with van der Waals surface area (Å²) in [5.74, 6) is 0. The van der Waals surface area contributed by atoms with Gasteiger partial charge in [-0.05, 0) is 30.5 Å². The van der Waals surface area contributed by atoms with E-state index in [2.05, 4.69) is 23.2 Å². The Balaban J connectivity index is 1.89. The second-order valence-corrected chi connectivity index (χ2v) is 5.63. The van der Waals surface area contributed by atoms with Gasteiger partial charge in [0, 0.05) is 40.5 Å². The molecule has 1 aromatic heterocycles. The lowest BCUT2D eigenvalue weighted by atomic mass is 9.94. The average molecular weight is 242 g/mol. The van der Waals surface area contributed by atoms with Crippen LogP contribution in [0.2, 0.25) is 0 Å². The highest BCUT2D eigenvalue weighted by atomic mass is 16.5. The summed E-state index contributed by atoms with van der Waals surface area (Å²) in [7, 11) is 0. The van der Waals surface area contributed by atoms with Gasteiger partial charge in [-0.25, -0.2) is 0 Å². The van der Waals surface area contributed by atoms with Gasteiger partial charge in [-0.2, -0.15) is 0 Å². The number of hydrogen-bond donors (Lipinski definition) is 2. The number of rotatable bonds is 2. The normalized spacial score (nSPS) is 20.9. The predicted molar refractivity (Wildman–Crippen MR) is 71.6 cm³/mol. The zero-order valence-corrected chi connectivity index (χ0v) is 10.5. The number of hydrogen-bond acceptors (Lipinski definition) is 2. The van der Waals surface area contributed by atoms with E-state index in [1.807, 2.05) is 0 Å². The van der Waals surface area contributed by atoms with E-state index in [4.69, 9.17) is 10.5 Å². The summed E-state index contributed by atoms with van der Waals surface area (Å²) in [5, 5.41) is 1.34. The molecule has 1 fully saturated rings. The molecule has 0 unspecified atom stereocenters. The molecule has 1 aliphatic carbocycles. The minimum Gasteiger partial charge on any atom is -0.376 e. The summed E-state index contributed by atoms with van der Waals surface area (Å²) in [6, 6.07) is 6.78. The number of fused-ring (bicyclic) bond motifs is 3. The van der Waals surface area contributed by atoms with Crippen LogP contribution in [0.15, 0.2) is 18.2 Å². The van der Waals surface area contributed by atoms with Crippen molar-refractivity contribution in [3.05, 3.63) is 35.0 Å². The number of benzene rings is 1. The van der Waals surface area contributed by atoms with Crippen LogP contribution < -0.4 is 5.73 Å². The quantitative estimate of drug-likeness (QED) is 0.848. The molecule has 0 atom stereocenters. The monoisotopic (exact) mass is 242 g/mol. The maximum atomic E-state index is 5.93. The second-order valence-electron chi connectivity index (χ2n) is 5.63. The summed E-state index contributed by atoms with van der Waals surface area (Å²) >= 11 is 0. The zero-order chi connectivity index (χ0) is 12.2. The topological polar surface area (TPSA) is 51.0 Å². The molecular weight excluding hydrogens is 224 g/mol. The second kappa shape index (κ2) is 3.59. The summed E-state index contributed by atoms with van der Waals surface area (Å²) in [4.78, 5) is 3.52. The molecular formula is C15H18N2O. The largest absolute Gasteiger partial charge is 0.376 e. The summed E-state index contributed by atoms with van der Waals surface area (Å²) in [5.41, 5.74) is 11.5. The first-order valence-corrected chi connectivity index (χ1v) is 6.74. The molecule has 1 aliphatic heterocycles. The molecule has 0 saturated heterocycles. The first kappa shape index (κ1) is 10.6. The smallest absolute Gasteiger partial charge is 0.0740 e. The molecule has 0 amide bonds. The van der Waals surface area contributed by atoms with Crippen LogP contribution in [0.3, 0.4) is 0 Å². The van der Waals surface area contributed by atoms with E-state index in [-0.39, 0.29) is 5.41 Å². The van der Waals surface area contributed by atoms with Gasteiger partial charge in [-0.15, -0.1) is 0 Å². The maximum absolute atomic E-state index is 5.93. The van der Waals surface area contributed by atoms with Crippen molar-refractivity contribution in [2.24, 2.45) is 5.73 Å². The highest BCUT2D eigenvalue weighted by molar-refractivity contribution is 5.85. The molecule has 2 aromatic rings. The van der Waals surface area contributed by atoms with E-state index >= 15 is 0 Å². The third-order valence-electron chi connectivity index (χ3n) is 4.59. The Labute approximate surface area is 106 Å². The van der Waals surface area contributed by atoms with Crippen LogP contribution in [0.1, 0.15) is 29.7 Å². The highest BCUT2D eigenvalue weighted by Crippen LogP contribution is 2.48. The molecule has 3 heteroatoms. The Morgan fingerprint density at radius 2 is 2.22 bits per heavy atom. The molecule has 0 radical (unpaired) electrons. The van der Waals surface area contributed by atoms with Crippen LogP contribution in [-0.4, -0.2) is 18.1 Å². The Bertz CT molecular complexity index is 610. The molecule has 0 bridgehead atoms. The number of nitrogens with two attached hydrogens (primary N) is 1. The van der Waals surface area contributed by atoms with Gasteiger partial charge in [0.2, 0.25) is 0 Å². The average Bonchev–Trinajstić information content (AvgIpc) is 3.14. The van der Waals surface area contributed by atoms with E-state index in [0.29, 0.717) is 0 Å². The fraction of sp³-hybridized carbons (Fsp3) is 0.467. The van der Waals surface area contributed by atoms with E-state index in [9.17, 15) is 0 Å². The third kappa shape index (κ3) is 1.38. The van der Waals surface area contributed by atoms with Crippen molar-refractivity contribution in [3.8, 4) is 0 Å². The summed E-state index contributed by atoms with van der Waals surface area (Å²) < 4.78 is 5.59. The Kier molecular flexibility index (Phi) is 2.11. The molecule has 1 aromatic carbocycles. The van der Waals surface area contributed by atoms with Gasteiger partial charge in [-0.3, -0.25) is 0 Å². The van der Waals surface area contributed by atoms with Crippen LogP contribution in [0.5, 0.6) is 0 Å². The molecule has 4 rings (SSSR count). The minimum absolute atomic E-state index is 0.272. The van der Waals surface area contributed by atoms with Crippen molar-refractivity contribution in [1.82, 2.24) is 4.98 Å². The van der Waals surface area contributed by atoms with Gasteiger partial charge in [0.15, 0.2) is 0 Å². The van der Waals surface area contributed by atoms with Gasteiger partial charge in [0.05, 0.1) is 13.2 Å². The van der Waals surface area contributed by atoms with Crippen molar-refractivity contribution >= 4 is 10.9 Å². The molecule has 0 spiro atoms. The van der Waals surface area contributed by atoms with Gasteiger partial charge in [0.1, 0.15) is 0 Å². The predicted octanol–water partition coefficient (Wildman–Crippen LogP) is 2.23. The highest BCUT2D eigenvalue weighted by Gasteiger charge is 2.42. The molecule has 94 valence electrons. The standard InChI is InChI=1S/C15H18N2O/c16-9-15(4-5-15)10-1-2-13-11(7-10)12-8-18-6-3-14(12)17-13/h1-2,7,17H,3-6,8-9,16H2. The van der Waals surface area contributed by atoms with Gasteiger partial charge >= 0.3 is 0 Å². The van der Waals surface area contributed by atoms with Crippen LogP contribution in [0, 0.1) is 0 Å². The molecule has 1 saturated carbocycles. The van der Waals surface area contributed by atoms with Crippen molar-refractivity contribution < 1.29 is 4.74 Å². The van der Waals surface area contributed by atoms with Crippen LogP contribution in [0.4, 0.5) is 0 Å². The number of H-pyrrole nitrogens is 1. The SMILES string of the molecule is NCC1(c2ccc3[nH]c4c(c3c2)COCC4)CC1.